The standard InChI is InChI=1S/C9H17N3O3Si/c1-16(2,3)5-4-15-7-12-6-10-11-8(12)9(13)14/h6H,4-5,7H2,1-3H3,(H,13,14). The Labute approximate surface area is 95.3 Å². The van der Waals surface area contributed by atoms with Gasteiger partial charge in [-0.15, -0.1) is 10.2 Å². The first-order valence-electron chi connectivity index (χ1n) is 5.09. The van der Waals surface area contributed by atoms with Crippen LogP contribution in [-0.2, 0) is 11.5 Å². The summed E-state index contributed by atoms with van der Waals surface area (Å²) in [5, 5.41) is 15.8. The van der Waals surface area contributed by atoms with E-state index in [4.69, 9.17) is 9.84 Å². The van der Waals surface area contributed by atoms with E-state index in [0.717, 1.165) is 6.04 Å². The molecule has 0 aliphatic rings. The molecule has 0 bridgehead atoms. The number of carboxylic acids is 1. The topological polar surface area (TPSA) is 77.2 Å². The summed E-state index contributed by atoms with van der Waals surface area (Å²) in [6.07, 6.45) is 1.36. The average Bonchev–Trinajstić information content (AvgIpc) is 2.58. The highest BCUT2D eigenvalue weighted by atomic mass is 28.3. The van der Waals surface area contributed by atoms with Gasteiger partial charge in [-0.05, 0) is 6.04 Å². The van der Waals surface area contributed by atoms with Crippen molar-refractivity contribution in [2.45, 2.75) is 32.4 Å². The van der Waals surface area contributed by atoms with E-state index >= 15 is 0 Å². The van der Waals surface area contributed by atoms with Crippen LogP contribution in [0.4, 0.5) is 0 Å². The lowest BCUT2D eigenvalue weighted by atomic mass is 10.6. The molecule has 0 atom stereocenters. The smallest absolute Gasteiger partial charge is 0.374 e. The number of rotatable bonds is 6. The molecule has 7 heteroatoms. The van der Waals surface area contributed by atoms with E-state index in [9.17, 15) is 4.79 Å². The lowest BCUT2D eigenvalue weighted by molar-refractivity contribution is 0.0613. The second kappa shape index (κ2) is 5.22. The zero-order chi connectivity index (χ0) is 12.2. The zero-order valence-electron chi connectivity index (χ0n) is 9.80. The van der Waals surface area contributed by atoms with Crippen molar-refractivity contribution < 1.29 is 14.6 Å². The third kappa shape index (κ3) is 4.11. The number of carbonyl (C=O) groups is 1. The summed E-state index contributed by atoms with van der Waals surface area (Å²) in [6, 6.07) is 1.05. The van der Waals surface area contributed by atoms with Crippen LogP contribution >= 0.6 is 0 Å². The summed E-state index contributed by atoms with van der Waals surface area (Å²) in [5.41, 5.74) is 0. The number of hydrogen-bond acceptors (Lipinski definition) is 4. The Kier molecular flexibility index (Phi) is 4.19. The largest absolute Gasteiger partial charge is 0.475 e. The summed E-state index contributed by atoms with van der Waals surface area (Å²) in [6.45, 7) is 7.62. The van der Waals surface area contributed by atoms with Crippen LogP contribution < -0.4 is 0 Å². The van der Waals surface area contributed by atoms with Crippen molar-refractivity contribution in [2.24, 2.45) is 0 Å². The lowest BCUT2D eigenvalue weighted by Crippen LogP contribution is -2.22. The van der Waals surface area contributed by atoms with Gasteiger partial charge in [0.05, 0.1) is 0 Å². The minimum absolute atomic E-state index is 0.0898. The van der Waals surface area contributed by atoms with Crippen LogP contribution in [0.15, 0.2) is 6.33 Å². The maximum atomic E-state index is 10.7. The molecule has 0 saturated carbocycles. The van der Waals surface area contributed by atoms with Crippen molar-refractivity contribution in [3.63, 3.8) is 0 Å². The van der Waals surface area contributed by atoms with Crippen molar-refractivity contribution >= 4 is 14.0 Å². The number of hydrogen-bond donors (Lipinski definition) is 1. The second-order valence-corrected chi connectivity index (χ2v) is 10.4. The van der Waals surface area contributed by atoms with Crippen molar-refractivity contribution in [1.82, 2.24) is 14.8 Å². The molecule has 0 saturated heterocycles. The molecule has 0 aliphatic carbocycles. The predicted molar refractivity (Wildman–Crippen MR) is 61.1 cm³/mol. The van der Waals surface area contributed by atoms with Crippen LogP contribution in [0.5, 0.6) is 0 Å². The van der Waals surface area contributed by atoms with E-state index in [-0.39, 0.29) is 12.6 Å². The van der Waals surface area contributed by atoms with Crippen LogP contribution in [0.1, 0.15) is 10.6 Å². The lowest BCUT2D eigenvalue weighted by Gasteiger charge is -2.15. The summed E-state index contributed by atoms with van der Waals surface area (Å²) in [5.74, 6) is -1.18. The van der Waals surface area contributed by atoms with E-state index in [2.05, 4.69) is 29.8 Å². The molecule has 0 aliphatic heterocycles. The number of carboxylic acid groups (broad SMARTS) is 1. The normalized spacial score (nSPS) is 11.7. The Morgan fingerprint density at radius 1 is 1.56 bits per heavy atom. The highest BCUT2D eigenvalue weighted by Crippen LogP contribution is 2.08. The Balaban J connectivity index is 2.38. The van der Waals surface area contributed by atoms with Crippen molar-refractivity contribution in [3.8, 4) is 0 Å². The zero-order valence-corrected chi connectivity index (χ0v) is 10.8. The molecule has 16 heavy (non-hydrogen) atoms. The van der Waals surface area contributed by atoms with Crippen LogP contribution in [-0.4, -0.2) is 40.5 Å². The van der Waals surface area contributed by atoms with E-state index in [1.54, 1.807) is 0 Å². The third-order valence-electron chi connectivity index (χ3n) is 2.03. The molecule has 0 aromatic carbocycles. The van der Waals surface area contributed by atoms with Gasteiger partial charge in [-0.25, -0.2) is 4.79 Å². The Hall–Kier alpha value is -1.21. The molecule has 0 radical (unpaired) electrons. The third-order valence-corrected chi connectivity index (χ3v) is 3.74. The van der Waals surface area contributed by atoms with Crippen molar-refractivity contribution in [3.05, 3.63) is 12.2 Å². The molecule has 0 spiro atoms. The summed E-state index contributed by atoms with van der Waals surface area (Å²) < 4.78 is 6.78. The van der Waals surface area contributed by atoms with Crippen LogP contribution in [0.25, 0.3) is 0 Å². The molecular weight excluding hydrogens is 226 g/mol. The van der Waals surface area contributed by atoms with Gasteiger partial charge in [-0.1, -0.05) is 19.6 Å². The fourth-order valence-corrected chi connectivity index (χ4v) is 1.81. The monoisotopic (exact) mass is 243 g/mol. The van der Waals surface area contributed by atoms with E-state index in [0.29, 0.717) is 6.61 Å². The fourth-order valence-electron chi connectivity index (χ4n) is 1.06. The first-order chi connectivity index (χ1) is 7.40. The van der Waals surface area contributed by atoms with E-state index in [1.165, 1.54) is 10.9 Å². The highest BCUT2D eigenvalue weighted by molar-refractivity contribution is 6.76. The molecule has 0 fully saturated rings. The Morgan fingerprint density at radius 3 is 2.81 bits per heavy atom. The van der Waals surface area contributed by atoms with Crippen LogP contribution in [0.3, 0.4) is 0 Å². The van der Waals surface area contributed by atoms with Crippen LogP contribution in [0, 0.1) is 0 Å². The maximum absolute atomic E-state index is 10.7. The van der Waals surface area contributed by atoms with Gasteiger partial charge in [-0.2, -0.15) is 0 Å². The van der Waals surface area contributed by atoms with E-state index < -0.39 is 14.0 Å². The number of aromatic carboxylic acids is 1. The summed E-state index contributed by atoms with van der Waals surface area (Å²) >= 11 is 0. The number of ether oxygens (including phenoxy) is 1. The molecule has 1 rings (SSSR count). The predicted octanol–water partition coefficient (Wildman–Crippen LogP) is 1.29. The molecule has 1 aromatic rings. The van der Waals surface area contributed by atoms with Gasteiger partial charge in [0.25, 0.3) is 0 Å². The first-order valence-corrected chi connectivity index (χ1v) is 8.80. The van der Waals surface area contributed by atoms with Gasteiger partial charge in [0.15, 0.2) is 0 Å². The van der Waals surface area contributed by atoms with Gasteiger partial charge in [0.1, 0.15) is 13.1 Å². The minimum Gasteiger partial charge on any atom is -0.475 e. The highest BCUT2D eigenvalue weighted by Gasteiger charge is 2.14. The van der Waals surface area contributed by atoms with Gasteiger partial charge in [-0.3, -0.25) is 4.57 Å². The molecule has 1 aromatic heterocycles. The van der Waals surface area contributed by atoms with Gasteiger partial charge < -0.3 is 9.84 Å². The summed E-state index contributed by atoms with van der Waals surface area (Å²) in [4.78, 5) is 10.7. The van der Waals surface area contributed by atoms with Gasteiger partial charge in [0, 0.05) is 14.7 Å². The molecular formula is C9H17N3O3Si. The maximum Gasteiger partial charge on any atom is 0.374 e. The average molecular weight is 243 g/mol. The second-order valence-electron chi connectivity index (χ2n) is 4.78. The molecule has 1 N–H and O–H groups in total. The van der Waals surface area contributed by atoms with E-state index in [1.807, 2.05) is 0 Å². The first kappa shape index (κ1) is 12.9. The number of nitrogens with zero attached hydrogens (tertiary/aromatic N) is 3. The quantitative estimate of drug-likeness (QED) is 0.601. The van der Waals surface area contributed by atoms with Gasteiger partial charge in [0.2, 0.25) is 5.82 Å². The van der Waals surface area contributed by atoms with Crippen molar-refractivity contribution in [1.29, 1.82) is 0 Å². The van der Waals surface area contributed by atoms with Gasteiger partial charge >= 0.3 is 5.97 Å². The Morgan fingerprint density at radius 2 is 2.25 bits per heavy atom. The SMILES string of the molecule is C[Si](C)(C)CCOCn1cnnc1C(=O)O. The molecule has 1 heterocycles. The number of aromatic nitrogens is 3. The molecule has 0 unspecified atom stereocenters. The van der Waals surface area contributed by atoms with Crippen LogP contribution in [0.2, 0.25) is 25.7 Å². The molecule has 6 nitrogen and oxygen atoms in total. The van der Waals surface area contributed by atoms with Crippen molar-refractivity contribution in [2.75, 3.05) is 6.61 Å². The Bertz CT molecular complexity index is 359. The molecule has 0 amide bonds. The molecule has 90 valence electrons. The fraction of sp³-hybridized carbons (Fsp3) is 0.667. The minimum atomic E-state index is -1.10. The summed E-state index contributed by atoms with van der Waals surface area (Å²) in [7, 11) is -1.10.